The van der Waals surface area contributed by atoms with Crippen molar-refractivity contribution in [1.29, 1.82) is 0 Å². The van der Waals surface area contributed by atoms with Gasteiger partial charge < -0.3 is 4.74 Å². The summed E-state index contributed by atoms with van der Waals surface area (Å²) in [7, 11) is -2.01. The van der Waals surface area contributed by atoms with E-state index in [0.717, 1.165) is 11.3 Å². The van der Waals surface area contributed by atoms with E-state index >= 15 is 0 Å². The minimum atomic E-state index is -3.51. The number of nitrogens with zero attached hydrogens (tertiary/aromatic N) is 1. The number of likely N-dealkylation sites (N-methyl/N-ethyl adjacent to an activating group) is 1. The summed E-state index contributed by atoms with van der Waals surface area (Å²) in [6.07, 6.45) is 0. The number of para-hydroxylation sites is 1. The van der Waals surface area contributed by atoms with E-state index in [-0.39, 0.29) is 18.9 Å². The Morgan fingerprint density at radius 3 is 2.57 bits per heavy atom. The maximum Gasteiger partial charge on any atom is 0.218 e. The standard InChI is InChI=1S/C17H20FNO3S/c1-14-6-3-4-9-17(14)22-11-10-19(2)23(20,21)13-15-7-5-8-16(18)12-15/h3-9,12H,10-11,13H2,1-2H3. The summed E-state index contributed by atoms with van der Waals surface area (Å²) in [6, 6.07) is 13.2. The van der Waals surface area contributed by atoms with Gasteiger partial charge in [-0.1, -0.05) is 30.3 Å². The number of hydrogen-bond acceptors (Lipinski definition) is 3. The lowest BCUT2D eigenvalue weighted by Crippen LogP contribution is -2.32. The van der Waals surface area contributed by atoms with E-state index in [1.165, 1.54) is 29.6 Å². The Morgan fingerprint density at radius 2 is 1.87 bits per heavy atom. The Bertz CT molecular complexity index is 762. The highest BCUT2D eigenvalue weighted by atomic mass is 32.2. The fraction of sp³-hybridized carbons (Fsp3) is 0.294. The molecule has 2 aromatic rings. The summed E-state index contributed by atoms with van der Waals surface area (Å²) in [5, 5.41) is 0. The quantitative estimate of drug-likeness (QED) is 0.780. The van der Waals surface area contributed by atoms with Crippen molar-refractivity contribution in [2.24, 2.45) is 0 Å². The van der Waals surface area contributed by atoms with Gasteiger partial charge in [-0.15, -0.1) is 0 Å². The first-order valence-corrected chi connectivity index (χ1v) is 8.86. The van der Waals surface area contributed by atoms with Crippen molar-refractivity contribution in [3.05, 3.63) is 65.5 Å². The monoisotopic (exact) mass is 337 g/mol. The molecular formula is C17H20FNO3S. The highest BCUT2D eigenvalue weighted by Gasteiger charge is 2.18. The van der Waals surface area contributed by atoms with Crippen molar-refractivity contribution in [1.82, 2.24) is 4.31 Å². The van der Waals surface area contributed by atoms with Crippen LogP contribution in [0.2, 0.25) is 0 Å². The number of ether oxygens (including phenoxy) is 1. The average molecular weight is 337 g/mol. The minimum Gasteiger partial charge on any atom is -0.492 e. The van der Waals surface area contributed by atoms with Crippen molar-refractivity contribution in [2.75, 3.05) is 20.2 Å². The summed E-state index contributed by atoms with van der Waals surface area (Å²) in [5.41, 5.74) is 1.43. The summed E-state index contributed by atoms with van der Waals surface area (Å²) in [5.74, 6) is 0.0673. The Hall–Kier alpha value is -1.92. The fourth-order valence-electron chi connectivity index (χ4n) is 2.09. The van der Waals surface area contributed by atoms with Gasteiger partial charge >= 0.3 is 0 Å². The zero-order valence-corrected chi connectivity index (χ0v) is 14.0. The molecule has 6 heteroatoms. The van der Waals surface area contributed by atoms with E-state index in [1.807, 2.05) is 31.2 Å². The third-order valence-electron chi connectivity index (χ3n) is 3.47. The zero-order chi connectivity index (χ0) is 16.9. The second-order valence-electron chi connectivity index (χ2n) is 5.32. The molecule has 0 radical (unpaired) electrons. The molecule has 0 aromatic heterocycles. The first kappa shape index (κ1) is 17.4. The summed E-state index contributed by atoms with van der Waals surface area (Å²) in [4.78, 5) is 0. The van der Waals surface area contributed by atoms with Crippen LogP contribution < -0.4 is 4.74 Å². The lowest BCUT2D eigenvalue weighted by atomic mass is 10.2. The van der Waals surface area contributed by atoms with Crippen molar-refractivity contribution in [3.63, 3.8) is 0 Å². The van der Waals surface area contributed by atoms with Gasteiger partial charge in [0.2, 0.25) is 10.0 Å². The maximum absolute atomic E-state index is 13.1. The van der Waals surface area contributed by atoms with Crippen LogP contribution in [0.4, 0.5) is 4.39 Å². The van der Waals surface area contributed by atoms with Crippen molar-refractivity contribution in [3.8, 4) is 5.75 Å². The Kier molecular flexibility index (Phi) is 5.74. The van der Waals surface area contributed by atoms with E-state index in [9.17, 15) is 12.8 Å². The molecule has 0 aliphatic heterocycles. The Morgan fingerprint density at radius 1 is 1.13 bits per heavy atom. The van der Waals surface area contributed by atoms with Gasteiger partial charge in [-0.25, -0.2) is 17.1 Å². The second-order valence-corrected chi connectivity index (χ2v) is 7.40. The summed E-state index contributed by atoms with van der Waals surface area (Å²) >= 11 is 0. The molecule has 0 atom stereocenters. The van der Waals surface area contributed by atoms with Gasteiger partial charge in [0.05, 0.1) is 5.75 Å². The zero-order valence-electron chi connectivity index (χ0n) is 13.2. The molecule has 0 unspecified atom stereocenters. The average Bonchev–Trinajstić information content (AvgIpc) is 2.48. The highest BCUT2D eigenvalue weighted by Crippen LogP contribution is 2.16. The highest BCUT2D eigenvalue weighted by molar-refractivity contribution is 7.88. The molecule has 0 heterocycles. The van der Waals surface area contributed by atoms with Crippen LogP contribution in [0.1, 0.15) is 11.1 Å². The first-order chi connectivity index (χ1) is 10.9. The van der Waals surface area contributed by atoms with Gasteiger partial charge in [0.1, 0.15) is 18.2 Å². The van der Waals surface area contributed by atoms with E-state index < -0.39 is 15.8 Å². The minimum absolute atomic E-state index is 0.228. The molecule has 0 amide bonds. The van der Waals surface area contributed by atoms with E-state index in [1.54, 1.807) is 6.07 Å². The number of hydrogen-bond donors (Lipinski definition) is 0. The molecule has 0 N–H and O–H groups in total. The molecule has 0 aliphatic rings. The Balaban J connectivity index is 1.91. The molecule has 2 rings (SSSR count). The van der Waals surface area contributed by atoms with E-state index in [4.69, 9.17) is 4.74 Å². The van der Waals surface area contributed by atoms with Crippen molar-refractivity contribution >= 4 is 10.0 Å². The largest absolute Gasteiger partial charge is 0.492 e. The molecule has 4 nitrogen and oxygen atoms in total. The van der Waals surface area contributed by atoms with Gasteiger partial charge in [-0.05, 0) is 36.2 Å². The predicted octanol–water partition coefficient (Wildman–Crippen LogP) is 2.97. The third-order valence-corrected chi connectivity index (χ3v) is 5.30. The smallest absolute Gasteiger partial charge is 0.218 e. The van der Waals surface area contributed by atoms with Crippen LogP contribution in [0.3, 0.4) is 0 Å². The van der Waals surface area contributed by atoms with Crippen LogP contribution in [0.15, 0.2) is 48.5 Å². The van der Waals surface area contributed by atoms with Crippen LogP contribution in [0, 0.1) is 12.7 Å². The molecule has 124 valence electrons. The van der Waals surface area contributed by atoms with Crippen LogP contribution in [0.5, 0.6) is 5.75 Å². The van der Waals surface area contributed by atoms with E-state index in [0.29, 0.717) is 5.56 Å². The number of benzene rings is 2. The van der Waals surface area contributed by atoms with Gasteiger partial charge in [0.15, 0.2) is 0 Å². The topological polar surface area (TPSA) is 46.6 Å². The number of halogens is 1. The number of sulfonamides is 1. The molecule has 0 fully saturated rings. The molecule has 0 saturated heterocycles. The Labute approximate surface area is 136 Å². The van der Waals surface area contributed by atoms with Gasteiger partial charge in [0.25, 0.3) is 0 Å². The molecule has 0 aliphatic carbocycles. The fourth-order valence-corrected chi connectivity index (χ4v) is 3.26. The molecular weight excluding hydrogens is 317 g/mol. The number of aryl methyl sites for hydroxylation is 1. The van der Waals surface area contributed by atoms with Crippen LogP contribution in [0.25, 0.3) is 0 Å². The molecule has 23 heavy (non-hydrogen) atoms. The van der Waals surface area contributed by atoms with Crippen LogP contribution in [-0.4, -0.2) is 32.9 Å². The third kappa shape index (κ3) is 5.04. The van der Waals surface area contributed by atoms with Crippen molar-refractivity contribution < 1.29 is 17.5 Å². The first-order valence-electron chi connectivity index (χ1n) is 7.25. The van der Waals surface area contributed by atoms with Crippen LogP contribution >= 0.6 is 0 Å². The predicted molar refractivity (Wildman–Crippen MR) is 88.3 cm³/mol. The van der Waals surface area contributed by atoms with Crippen molar-refractivity contribution in [2.45, 2.75) is 12.7 Å². The van der Waals surface area contributed by atoms with Gasteiger partial charge in [-0.2, -0.15) is 0 Å². The van der Waals surface area contributed by atoms with Gasteiger partial charge in [0, 0.05) is 13.6 Å². The summed E-state index contributed by atoms with van der Waals surface area (Å²) in [6.45, 7) is 2.41. The normalized spacial score (nSPS) is 11.7. The molecule has 0 spiro atoms. The maximum atomic E-state index is 13.1. The molecule has 2 aromatic carbocycles. The lowest BCUT2D eigenvalue weighted by Gasteiger charge is -2.18. The molecule has 0 saturated carbocycles. The summed E-state index contributed by atoms with van der Waals surface area (Å²) < 4.78 is 44.5. The molecule has 0 bridgehead atoms. The SMILES string of the molecule is Cc1ccccc1OCCN(C)S(=O)(=O)Cc1cccc(F)c1. The second kappa shape index (κ2) is 7.57. The van der Waals surface area contributed by atoms with Gasteiger partial charge in [-0.3, -0.25) is 0 Å². The van der Waals surface area contributed by atoms with Crippen LogP contribution in [-0.2, 0) is 15.8 Å². The number of rotatable bonds is 7. The van der Waals surface area contributed by atoms with E-state index in [2.05, 4.69) is 0 Å². The lowest BCUT2D eigenvalue weighted by molar-refractivity contribution is 0.285.